The summed E-state index contributed by atoms with van der Waals surface area (Å²) in [7, 11) is -3.88. The summed E-state index contributed by atoms with van der Waals surface area (Å²) < 4.78 is 53.2. The lowest BCUT2D eigenvalue weighted by molar-refractivity contribution is 0.154. The van der Waals surface area contributed by atoms with Gasteiger partial charge in [-0.1, -0.05) is 11.6 Å². The lowest BCUT2D eigenvalue weighted by atomic mass is 10.1. The molecule has 1 fully saturated rings. The highest BCUT2D eigenvalue weighted by Crippen LogP contribution is 2.26. The predicted octanol–water partition coefficient (Wildman–Crippen LogP) is 1.39. The summed E-state index contributed by atoms with van der Waals surface area (Å²) in [6, 6.07) is 0.471. The van der Waals surface area contributed by atoms with Crippen LogP contribution < -0.4 is 9.88 Å². The van der Waals surface area contributed by atoms with Crippen molar-refractivity contribution in [1.29, 1.82) is 0 Å². The van der Waals surface area contributed by atoms with Crippen LogP contribution in [0.4, 0.5) is 8.78 Å². The third-order valence-electron chi connectivity index (χ3n) is 3.76. The van der Waals surface area contributed by atoms with E-state index in [0.29, 0.717) is 13.1 Å². The number of rotatable bonds is 7. The average Bonchev–Trinajstić information content (AvgIpc) is 2.95. The van der Waals surface area contributed by atoms with Gasteiger partial charge in [-0.3, -0.25) is 4.90 Å². The van der Waals surface area contributed by atoms with Crippen molar-refractivity contribution in [2.24, 2.45) is 11.1 Å². The molecule has 0 bridgehead atoms. The van der Waals surface area contributed by atoms with Gasteiger partial charge in [0.2, 0.25) is 15.9 Å². The molecule has 0 radical (unpaired) electrons. The highest BCUT2D eigenvalue weighted by Gasteiger charge is 2.29. The fourth-order valence-corrected chi connectivity index (χ4v) is 3.20. The fourth-order valence-electron chi connectivity index (χ4n) is 2.43. The minimum absolute atomic E-state index is 0.0387. The van der Waals surface area contributed by atoms with Crippen LogP contribution >= 0.6 is 11.6 Å². The van der Waals surface area contributed by atoms with Crippen LogP contribution in [0.15, 0.2) is 17.2 Å². The molecule has 2 rings (SSSR count). The molecule has 1 atom stereocenters. The van der Waals surface area contributed by atoms with E-state index in [-0.39, 0.29) is 28.3 Å². The Morgan fingerprint density at radius 2 is 2.17 bits per heavy atom. The van der Waals surface area contributed by atoms with E-state index in [1.54, 1.807) is 4.90 Å². The number of halogens is 3. The molecule has 1 aliphatic heterocycles. The van der Waals surface area contributed by atoms with Gasteiger partial charge in [-0.15, -0.1) is 0 Å². The second-order valence-electron chi connectivity index (χ2n) is 5.43. The van der Waals surface area contributed by atoms with Gasteiger partial charge in [0.1, 0.15) is 23.3 Å². The SMILES string of the molecule is NS(=O)(=O)c1cnc(OCC2CCN(C(CF)CF)C2)c(Cl)c1. The van der Waals surface area contributed by atoms with Crippen LogP contribution in [0.2, 0.25) is 5.02 Å². The molecule has 1 aromatic rings. The summed E-state index contributed by atoms with van der Waals surface area (Å²) in [4.78, 5) is 5.40. The molecule has 130 valence electrons. The number of sulfonamides is 1. The molecule has 1 aliphatic rings. The highest BCUT2D eigenvalue weighted by atomic mass is 35.5. The molecule has 2 heterocycles. The van der Waals surface area contributed by atoms with Crippen LogP contribution in [-0.4, -0.2) is 57.4 Å². The lowest BCUT2D eigenvalue weighted by Crippen LogP contribution is -2.37. The first-order valence-corrected chi connectivity index (χ1v) is 8.94. The summed E-state index contributed by atoms with van der Waals surface area (Å²) >= 11 is 5.93. The Morgan fingerprint density at radius 1 is 1.48 bits per heavy atom. The van der Waals surface area contributed by atoms with Gasteiger partial charge in [0.15, 0.2) is 0 Å². The zero-order chi connectivity index (χ0) is 17.0. The molecule has 10 heteroatoms. The van der Waals surface area contributed by atoms with Gasteiger partial charge in [-0.2, -0.15) is 0 Å². The van der Waals surface area contributed by atoms with E-state index in [4.69, 9.17) is 21.5 Å². The molecule has 23 heavy (non-hydrogen) atoms. The highest BCUT2D eigenvalue weighted by molar-refractivity contribution is 7.89. The van der Waals surface area contributed by atoms with Crippen molar-refractivity contribution in [3.63, 3.8) is 0 Å². The first-order valence-electron chi connectivity index (χ1n) is 7.02. The summed E-state index contributed by atoms with van der Waals surface area (Å²) in [6.07, 6.45) is 1.82. The number of likely N-dealkylation sites (tertiary alicyclic amines) is 1. The Balaban J connectivity index is 1.92. The molecule has 0 aromatic carbocycles. The van der Waals surface area contributed by atoms with Crippen LogP contribution in [-0.2, 0) is 10.0 Å². The monoisotopic (exact) mass is 369 g/mol. The Kier molecular flexibility index (Phi) is 6.12. The Labute approximate surface area is 138 Å². The summed E-state index contributed by atoms with van der Waals surface area (Å²) in [5.41, 5.74) is 0. The van der Waals surface area contributed by atoms with Gasteiger partial charge in [0.25, 0.3) is 0 Å². The molecule has 6 nitrogen and oxygen atoms in total. The Morgan fingerprint density at radius 3 is 2.74 bits per heavy atom. The normalized spacial score (nSPS) is 19.4. The second kappa shape index (κ2) is 7.69. The Bertz CT molecular complexity index is 643. The molecule has 1 saturated heterocycles. The van der Waals surface area contributed by atoms with Crippen LogP contribution in [0.1, 0.15) is 6.42 Å². The number of hydrogen-bond acceptors (Lipinski definition) is 5. The maximum atomic E-state index is 12.7. The van der Waals surface area contributed by atoms with Crippen molar-refractivity contribution in [1.82, 2.24) is 9.88 Å². The molecule has 1 unspecified atom stereocenters. The molecule has 0 spiro atoms. The molecule has 2 N–H and O–H groups in total. The van der Waals surface area contributed by atoms with E-state index in [0.717, 1.165) is 12.6 Å². The van der Waals surface area contributed by atoms with Crippen molar-refractivity contribution in [2.75, 3.05) is 33.0 Å². The van der Waals surface area contributed by atoms with E-state index in [9.17, 15) is 17.2 Å². The molecule has 0 aliphatic carbocycles. The van der Waals surface area contributed by atoms with E-state index in [2.05, 4.69) is 4.98 Å². The van der Waals surface area contributed by atoms with Crippen LogP contribution in [0.25, 0.3) is 0 Å². The number of alkyl halides is 2. The number of pyridine rings is 1. The first-order chi connectivity index (χ1) is 10.8. The molecule has 0 amide bonds. The van der Waals surface area contributed by atoms with Crippen molar-refractivity contribution < 1.29 is 21.9 Å². The number of nitrogens with two attached hydrogens (primary N) is 1. The number of hydrogen-bond donors (Lipinski definition) is 1. The summed E-state index contributed by atoms with van der Waals surface area (Å²) in [5, 5.41) is 5.02. The fraction of sp³-hybridized carbons (Fsp3) is 0.615. The average molecular weight is 370 g/mol. The van der Waals surface area contributed by atoms with E-state index in [1.165, 1.54) is 6.07 Å². The minimum Gasteiger partial charge on any atom is -0.476 e. The van der Waals surface area contributed by atoms with Crippen LogP contribution in [0, 0.1) is 5.92 Å². The van der Waals surface area contributed by atoms with Crippen molar-refractivity contribution in [3.8, 4) is 5.88 Å². The maximum Gasteiger partial charge on any atom is 0.239 e. The maximum absolute atomic E-state index is 12.7. The minimum atomic E-state index is -3.88. The van der Waals surface area contributed by atoms with Gasteiger partial charge in [0.05, 0.1) is 18.8 Å². The largest absolute Gasteiger partial charge is 0.476 e. The Hall–Kier alpha value is -1.03. The number of ether oxygens (including phenoxy) is 1. The van der Waals surface area contributed by atoms with E-state index in [1.807, 2.05) is 0 Å². The van der Waals surface area contributed by atoms with Gasteiger partial charge in [0, 0.05) is 12.5 Å². The third-order valence-corrected chi connectivity index (χ3v) is 4.91. The smallest absolute Gasteiger partial charge is 0.239 e. The van der Waals surface area contributed by atoms with Gasteiger partial charge in [-0.05, 0) is 19.0 Å². The number of primary sulfonamides is 1. The molecule has 0 saturated carbocycles. The van der Waals surface area contributed by atoms with Crippen molar-refractivity contribution >= 4 is 21.6 Å². The lowest BCUT2D eigenvalue weighted by Gasteiger charge is -2.22. The summed E-state index contributed by atoms with van der Waals surface area (Å²) in [6.45, 7) is -0.00829. The first kappa shape index (κ1) is 18.3. The quantitative estimate of drug-likeness (QED) is 0.785. The molecular formula is C13H18ClF2N3O3S. The third kappa shape index (κ3) is 4.72. The zero-order valence-corrected chi connectivity index (χ0v) is 13.9. The molecular weight excluding hydrogens is 352 g/mol. The zero-order valence-electron chi connectivity index (χ0n) is 12.3. The van der Waals surface area contributed by atoms with Gasteiger partial charge >= 0.3 is 0 Å². The van der Waals surface area contributed by atoms with Crippen LogP contribution in [0.3, 0.4) is 0 Å². The van der Waals surface area contributed by atoms with Crippen LogP contribution in [0.5, 0.6) is 5.88 Å². The second-order valence-corrected chi connectivity index (χ2v) is 7.39. The summed E-state index contributed by atoms with van der Waals surface area (Å²) in [5.74, 6) is 0.205. The topological polar surface area (TPSA) is 85.5 Å². The van der Waals surface area contributed by atoms with E-state index >= 15 is 0 Å². The van der Waals surface area contributed by atoms with Crippen molar-refractivity contribution in [2.45, 2.75) is 17.4 Å². The molecule has 1 aromatic heterocycles. The van der Waals surface area contributed by atoms with E-state index < -0.39 is 29.4 Å². The number of nitrogens with zero attached hydrogens (tertiary/aromatic N) is 2. The standard InChI is InChI=1S/C13H18ClF2N3O3S/c14-12-3-11(23(17,20)21)6-18-13(12)22-8-9-1-2-19(7-9)10(4-15)5-16/h3,6,9-10H,1-2,4-5,7-8H2,(H2,17,20,21). The predicted molar refractivity (Wildman–Crippen MR) is 81.5 cm³/mol. The number of aromatic nitrogens is 1. The van der Waals surface area contributed by atoms with Gasteiger partial charge in [-0.25, -0.2) is 27.3 Å². The van der Waals surface area contributed by atoms with Crippen molar-refractivity contribution in [3.05, 3.63) is 17.3 Å². The van der Waals surface area contributed by atoms with Gasteiger partial charge < -0.3 is 4.74 Å².